The van der Waals surface area contributed by atoms with Gasteiger partial charge in [-0.3, -0.25) is 4.79 Å². The second kappa shape index (κ2) is 7.32. The molecule has 0 aromatic carbocycles. The van der Waals surface area contributed by atoms with E-state index in [0.717, 1.165) is 6.42 Å². The number of nitrogens with zero attached hydrogens (tertiary/aromatic N) is 1. The second-order valence-electron chi connectivity index (χ2n) is 4.10. The highest BCUT2D eigenvalue weighted by molar-refractivity contribution is 5.87. The highest BCUT2D eigenvalue weighted by atomic mass is 16.4. The summed E-state index contributed by atoms with van der Waals surface area (Å²) >= 11 is 0. The van der Waals surface area contributed by atoms with Crippen LogP contribution in [0.25, 0.3) is 0 Å². The zero-order chi connectivity index (χ0) is 14.3. The Labute approximate surface area is 110 Å². The lowest BCUT2D eigenvalue weighted by Gasteiger charge is -2.07. The van der Waals surface area contributed by atoms with Gasteiger partial charge in [0.15, 0.2) is 0 Å². The summed E-state index contributed by atoms with van der Waals surface area (Å²) in [6.07, 6.45) is 3.18. The minimum absolute atomic E-state index is 0.137. The molecule has 1 aromatic heterocycles. The number of rotatable bonds is 8. The number of aromatic nitrogens is 1. The normalized spacial score (nSPS) is 11.8. The van der Waals surface area contributed by atoms with Gasteiger partial charge in [0, 0.05) is 12.7 Å². The molecule has 1 aromatic rings. The van der Waals surface area contributed by atoms with Crippen molar-refractivity contribution in [1.29, 1.82) is 0 Å². The zero-order valence-electron chi connectivity index (χ0n) is 10.4. The Bertz CT molecular complexity index is 433. The quantitative estimate of drug-likeness (QED) is 0.512. The number of anilines is 1. The number of hydrogen-bond donors (Lipinski definition) is 4. The number of aliphatic carboxylic acids is 1. The maximum atomic E-state index is 10.6. The molecule has 0 saturated carbocycles. The van der Waals surface area contributed by atoms with E-state index in [1.54, 1.807) is 6.07 Å². The molecule has 1 rings (SSSR count). The molecule has 0 bridgehead atoms. The highest BCUT2D eigenvalue weighted by Crippen LogP contribution is 2.06. The van der Waals surface area contributed by atoms with Gasteiger partial charge in [0.1, 0.15) is 11.9 Å². The minimum atomic E-state index is -1.01. The first-order chi connectivity index (χ1) is 9.00. The molecule has 1 unspecified atom stereocenters. The maximum absolute atomic E-state index is 10.6. The van der Waals surface area contributed by atoms with Crippen LogP contribution in [0.2, 0.25) is 0 Å². The molecule has 0 aliphatic heterocycles. The Morgan fingerprint density at radius 3 is 2.58 bits per heavy atom. The third kappa shape index (κ3) is 5.35. The number of carbonyl (C=O) groups is 2. The molecule has 19 heavy (non-hydrogen) atoms. The molecule has 7 heteroatoms. The molecule has 7 nitrogen and oxygen atoms in total. The lowest BCUT2D eigenvalue weighted by molar-refractivity contribution is -0.138. The SMILES string of the molecule is NC(CCCCNc1ccc(C(=O)O)cn1)C(=O)O. The van der Waals surface area contributed by atoms with E-state index in [1.165, 1.54) is 12.3 Å². The van der Waals surface area contributed by atoms with Gasteiger partial charge < -0.3 is 21.3 Å². The second-order valence-corrected chi connectivity index (χ2v) is 4.10. The van der Waals surface area contributed by atoms with Gasteiger partial charge in [-0.15, -0.1) is 0 Å². The van der Waals surface area contributed by atoms with E-state index < -0.39 is 18.0 Å². The molecule has 0 fully saturated rings. The van der Waals surface area contributed by atoms with Crippen molar-refractivity contribution in [3.63, 3.8) is 0 Å². The first kappa shape index (κ1) is 14.9. The molecule has 0 saturated heterocycles. The van der Waals surface area contributed by atoms with Crippen LogP contribution in [0.15, 0.2) is 18.3 Å². The molecule has 0 radical (unpaired) electrons. The number of aromatic carboxylic acids is 1. The van der Waals surface area contributed by atoms with E-state index in [9.17, 15) is 9.59 Å². The Kier molecular flexibility index (Phi) is 5.74. The lowest BCUT2D eigenvalue weighted by Crippen LogP contribution is -2.29. The highest BCUT2D eigenvalue weighted by Gasteiger charge is 2.09. The van der Waals surface area contributed by atoms with Crippen LogP contribution in [-0.2, 0) is 4.79 Å². The molecule has 1 atom stereocenters. The summed E-state index contributed by atoms with van der Waals surface area (Å²) in [6.45, 7) is 0.631. The van der Waals surface area contributed by atoms with E-state index in [-0.39, 0.29) is 5.56 Å². The molecule has 0 spiro atoms. The fraction of sp³-hybridized carbons (Fsp3) is 0.417. The van der Waals surface area contributed by atoms with Gasteiger partial charge in [-0.2, -0.15) is 0 Å². The van der Waals surface area contributed by atoms with Crippen molar-refractivity contribution in [2.24, 2.45) is 5.73 Å². The Morgan fingerprint density at radius 1 is 1.32 bits per heavy atom. The Balaban J connectivity index is 2.22. The Hall–Kier alpha value is -2.15. The zero-order valence-corrected chi connectivity index (χ0v) is 10.4. The van der Waals surface area contributed by atoms with E-state index in [4.69, 9.17) is 15.9 Å². The van der Waals surface area contributed by atoms with Gasteiger partial charge in [0.2, 0.25) is 0 Å². The summed E-state index contributed by atoms with van der Waals surface area (Å²) in [5.74, 6) is -1.41. The van der Waals surface area contributed by atoms with Crippen LogP contribution in [0.3, 0.4) is 0 Å². The van der Waals surface area contributed by atoms with E-state index in [1.807, 2.05) is 0 Å². The van der Waals surface area contributed by atoms with Crippen LogP contribution in [0.5, 0.6) is 0 Å². The lowest BCUT2D eigenvalue weighted by atomic mass is 10.1. The van der Waals surface area contributed by atoms with E-state index in [0.29, 0.717) is 25.2 Å². The summed E-state index contributed by atoms with van der Waals surface area (Å²) in [5.41, 5.74) is 5.50. The average molecular weight is 267 g/mol. The summed E-state index contributed by atoms with van der Waals surface area (Å²) in [4.78, 5) is 25.0. The Morgan fingerprint density at radius 2 is 2.05 bits per heavy atom. The van der Waals surface area contributed by atoms with Crippen LogP contribution in [0, 0.1) is 0 Å². The van der Waals surface area contributed by atoms with Crippen LogP contribution in [0.1, 0.15) is 29.6 Å². The predicted octanol–water partition coefficient (Wildman–Crippen LogP) is 0.774. The van der Waals surface area contributed by atoms with Crippen molar-refractivity contribution in [3.8, 4) is 0 Å². The van der Waals surface area contributed by atoms with E-state index in [2.05, 4.69) is 10.3 Å². The fourth-order valence-electron chi connectivity index (χ4n) is 1.45. The monoisotopic (exact) mass is 267 g/mol. The van der Waals surface area contributed by atoms with Crippen molar-refractivity contribution in [2.45, 2.75) is 25.3 Å². The molecule has 0 amide bonds. The molecule has 1 heterocycles. The van der Waals surface area contributed by atoms with Gasteiger partial charge in [-0.05, 0) is 31.4 Å². The first-order valence-corrected chi connectivity index (χ1v) is 5.92. The molecule has 0 aliphatic carbocycles. The topological polar surface area (TPSA) is 126 Å². The fourth-order valence-corrected chi connectivity index (χ4v) is 1.45. The van der Waals surface area contributed by atoms with Crippen LogP contribution in [0.4, 0.5) is 5.82 Å². The maximum Gasteiger partial charge on any atom is 0.337 e. The largest absolute Gasteiger partial charge is 0.480 e. The molecule has 5 N–H and O–H groups in total. The number of nitrogens with one attached hydrogen (secondary N) is 1. The predicted molar refractivity (Wildman–Crippen MR) is 69.1 cm³/mol. The van der Waals surface area contributed by atoms with Crippen molar-refractivity contribution < 1.29 is 19.8 Å². The third-order valence-electron chi connectivity index (χ3n) is 2.58. The van der Waals surface area contributed by atoms with Crippen molar-refractivity contribution in [2.75, 3.05) is 11.9 Å². The standard InChI is InChI=1S/C12H17N3O4/c13-9(12(18)19)3-1-2-6-14-10-5-4-8(7-15-10)11(16)17/h4-5,7,9H,1-3,6,13H2,(H,14,15)(H,16,17)(H,18,19). The van der Waals surface area contributed by atoms with Gasteiger partial charge in [0.05, 0.1) is 5.56 Å². The smallest absolute Gasteiger partial charge is 0.337 e. The summed E-state index contributed by atoms with van der Waals surface area (Å²) in [7, 11) is 0. The third-order valence-corrected chi connectivity index (χ3v) is 2.58. The van der Waals surface area contributed by atoms with Crippen molar-refractivity contribution in [1.82, 2.24) is 4.98 Å². The van der Waals surface area contributed by atoms with E-state index >= 15 is 0 Å². The number of pyridine rings is 1. The summed E-state index contributed by atoms with van der Waals surface area (Å²) in [5, 5.41) is 20.3. The number of carboxylic acid groups (broad SMARTS) is 2. The van der Waals surface area contributed by atoms with Gasteiger partial charge in [-0.25, -0.2) is 9.78 Å². The molecule has 0 aliphatic rings. The van der Waals surface area contributed by atoms with Crippen LogP contribution < -0.4 is 11.1 Å². The average Bonchev–Trinajstić information content (AvgIpc) is 2.38. The van der Waals surface area contributed by atoms with Gasteiger partial charge in [-0.1, -0.05) is 0 Å². The van der Waals surface area contributed by atoms with Crippen LogP contribution >= 0.6 is 0 Å². The molecule has 104 valence electrons. The number of hydrogen-bond acceptors (Lipinski definition) is 5. The number of unbranched alkanes of at least 4 members (excludes halogenated alkanes) is 1. The van der Waals surface area contributed by atoms with Gasteiger partial charge in [0.25, 0.3) is 0 Å². The van der Waals surface area contributed by atoms with Crippen molar-refractivity contribution in [3.05, 3.63) is 23.9 Å². The number of carboxylic acids is 2. The summed E-state index contributed by atoms with van der Waals surface area (Å²) in [6, 6.07) is 2.25. The van der Waals surface area contributed by atoms with Gasteiger partial charge >= 0.3 is 11.9 Å². The first-order valence-electron chi connectivity index (χ1n) is 5.92. The van der Waals surface area contributed by atoms with Crippen LogP contribution in [-0.4, -0.2) is 39.7 Å². The summed E-state index contributed by atoms with van der Waals surface area (Å²) < 4.78 is 0. The molecular weight excluding hydrogens is 250 g/mol. The van der Waals surface area contributed by atoms with Crippen molar-refractivity contribution >= 4 is 17.8 Å². The molecular formula is C12H17N3O4. The number of nitrogens with two attached hydrogens (primary N) is 1. The minimum Gasteiger partial charge on any atom is -0.480 e.